The maximum Gasteiger partial charge on any atom is 0.411 e. The van der Waals surface area contributed by atoms with Gasteiger partial charge in [-0.2, -0.15) is 0 Å². The Morgan fingerprint density at radius 1 is 0.814 bits per heavy atom. The smallest absolute Gasteiger partial charge is 0.411 e. The number of esters is 1. The van der Waals surface area contributed by atoms with E-state index in [2.05, 4.69) is 11.4 Å². The zero-order chi connectivity index (χ0) is 29.8. The van der Waals surface area contributed by atoms with Crippen LogP contribution in [0, 0.1) is 0 Å². The first-order chi connectivity index (χ1) is 21.0. The van der Waals surface area contributed by atoms with Crippen LogP contribution in [0.5, 0.6) is 0 Å². The molecule has 1 heterocycles. The Bertz CT molecular complexity index is 1750. The third kappa shape index (κ3) is 5.93. The predicted molar refractivity (Wildman–Crippen MR) is 165 cm³/mol. The third-order valence-corrected chi connectivity index (χ3v) is 8.08. The van der Waals surface area contributed by atoms with E-state index in [1.165, 1.54) is 12.0 Å². The molecule has 1 aliphatic rings. The molecule has 6 rings (SSSR count). The van der Waals surface area contributed by atoms with E-state index < -0.39 is 30.1 Å². The lowest BCUT2D eigenvalue weighted by Crippen LogP contribution is -2.56. The van der Waals surface area contributed by atoms with Crippen LogP contribution in [0.3, 0.4) is 0 Å². The summed E-state index contributed by atoms with van der Waals surface area (Å²) in [5, 5.41) is 7.03. The minimum Gasteiger partial charge on any atom is -0.467 e. The lowest BCUT2D eigenvalue weighted by molar-refractivity contribution is -0.145. The SMILES string of the molecule is COC(=O)[C@H](Cc1c2ccccc2cc2ccccc12)NC(=O)[C@@H]1Cc2ccccc2CN1C(=O)OCc1ccccc1. The summed E-state index contributed by atoms with van der Waals surface area (Å²) >= 11 is 0. The predicted octanol–water partition coefficient (Wildman–Crippen LogP) is 5.96. The first-order valence-electron chi connectivity index (χ1n) is 14.3. The lowest BCUT2D eigenvalue weighted by Gasteiger charge is -2.35. The van der Waals surface area contributed by atoms with Crippen LogP contribution >= 0.6 is 0 Å². The van der Waals surface area contributed by atoms with Gasteiger partial charge in [-0.15, -0.1) is 0 Å². The van der Waals surface area contributed by atoms with Crippen molar-refractivity contribution in [3.05, 3.63) is 131 Å². The molecule has 2 atom stereocenters. The number of hydrogen-bond acceptors (Lipinski definition) is 5. The fraction of sp³-hybridized carbons (Fsp3) is 0.194. The molecule has 0 unspecified atom stereocenters. The highest BCUT2D eigenvalue weighted by molar-refractivity contribution is 6.03. The molecule has 5 aromatic rings. The molecular formula is C36H32N2O5. The van der Waals surface area contributed by atoms with E-state index in [0.29, 0.717) is 6.42 Å². The van der Waals surface area contributed by atoms with Crippen LogP contribution in [-0.2, 0) is 45.1 Å². The monoisotopic (exact) mass is 572 g/mol. The van der Waals surface area contributed by atoms with Crippen LogP contribution in [0.25, 0.3) is 21.5 Å². The minimum absolute atomic E-state index is 0.0884. The number of ether oxygens (including phenoxy) is 2. The molecule has 0 saturated carbocycles. The second-order valence-electron chi connectivity index (χ2n) is 10.7. The molecule has 1 N–H and O–H groups in total. The molecule has 0 fully saturated rings. The summed E-state index contributed by atoms with van der Waals surface area (Å²) < 4.78 is 10.8. The Hall–Kier alpha value is -5.17. The normalized spacial score (nSPS) is 15.0. The van der Waals surface area contributed by atoms with Gasteiger partial charge in [-0.3, -0.25) is 9.69 Å². The molecule has 0 bridgehead atoms. The van der Waals surface area contributed by atoms with Crippen molar-refractivity contribution in [2.24, 2.45) is 0 Å². The summed E-state index contributed by atoms with van der Waals surface area (Å²) in [5.41, 5.74) is 3.72. The first-order valence-corrected chi connectivity index (χ1v) is 14.3. The quantitative estimate of drug-likeness (QED) is 0.192. The van der Waals surface area contributed by atoms with E-state index in [1.54, 1.807) is 0 Å². The van der Waals surface area contributed by atoms with Crippen LogP contribution in [-0.4, -0.2) is 42.1 Å². The largest absolute Gasteiger partial charge is 0.467 e. The van der Waals surface area contributed by atoms with Crippen molar-refractivity contribution < 1.29 is 23.9 Å². The van der Waals surface area contributed by atoms with E-state index in [9.17, 15) is 14.4 Å². The van der Waals surface area contributed by atoms with Gasteiger partial charge in [-0.25, -0.2) is 9.59 Å². The summed E-state index contributed by atoms with van der Waals surface area (Å²) in [6.45, 7) is 0.309. The zero-order valence-corrected chi connectivity index (χ0v) is 23.9. The van der Waals surface area contributed by atoms with Gasteiger partial charge in [0.1, 0.15) is 18.7 Å². The number of fused-ring (bicyclic) bond motifs is 3. The van der Waals surface area contributed by atoms with Crippen molar-refractivity contribution in [2.45, 2.75) is 38.1 Å². The lowest BCUT2D eigenvalue weighted by atomic mass is 9.91. The second kappa shape index (κ2) is 12.4. The van der Waals surface area contributed by atoms with Crippen LogP contribution in [0.4, 0.5) is 4.79 Å². The number of carbonyl (C=O) groups excluding carboxylic acids is 3. The maximum absolute atomic E-state index is 14.0. The number of amides is 2. The highest BCUT2D eigenvalue weighted by Gasteiger charge is 2.37. The summed E-state index contributed by atoms with van der Waals surface area (Å²) in [5.74, 6) is -0.995. The minimum atomic E-state index is -0.967. The molecular weight excluding hydrogens is 540 g/mol. The third-order valence-electron chi connectivity index (χ3n) is 8.08. The van der Waals surface area contributed by atoms with E-state index >= 15 is 0 Å². The Morgan fingerprint density at radius 2 is 1.42 bits per heavy atom. The molecule has 7 nitrogen and oxygen atoms in total. The molecule has 0 aromatic heterocycles. The number of rotatable bonds is 7. The molecule has 0 radical (unpaired) electrons. The molecule has 43 heavy (non-hydrogen) atoms. The Morgan fingerprint density at radius 3 is 2.09 bits per heavy atom. The Labute approximate surface area is 250 Å². The van der Waals surface area contributed by atoms with Crippen molar-refractivity contribution in [1.82, 2.24) is 10.2 Å². The average molecular weight is 573 g/mol. The summed E-state index contributed by atoms with van der Waals surface area (Å²) in [4.78, 5) is 41.9. The van der Waals surface area contributed by atoms with E-state index in [1.807, 2.05) is 103 Å². The number of benzene rings is 5. The van der Waals surface area contributed by atoms with Crippen LogP contribution in [0.15, 0.2) is 109 Å². The van der Waals surface area contributed by atoms with E-state index in [4.69, 9.17) is 9.47 Å². The van der Waals surface area contributed by atoms with Gasteiger partial charge in [0.25, 0.3) is 0 Å². The molecule has 7 heteroatoms. The van der Waals surface area contributed by atoms with Gasteiger partial charge < -0.3 is 14.8 Å². The van der Waals surface area contributed by atoms with Crippen molar-refractivity contribution in [3.63, 3.8) is 0 Å². The van der Waals surface area contributed by atoms with Gasteiger partial charge in [0, 0.05) is 12.8 Å². The number of nitrogens with zero attached hydrogens (tertiary/aromatic N) is 1. The summed E-state index contributed by atoms with van der Waals surface area (Å²) in [6, 6.07) is 33.4. The van der Waals surface area contributed by atoms with Crippen LogP contribution < -0.4 is 5.32 Å². The molecule has 1 aliphatic heterocycles. The fourth-order valence-corrected chi connectivity index (χ4v) is 5.89. The molecule has 2 amide bonds. The average Bonchev–Trinajstić information content (AvgIpc) is 3.06. The number of nitrogens with one attached hydrogen (secondary N) is 1. The molecule has 216 valence electrons. The highest BCUT2D eigenvalue weighted by Crippen LogP contribution is 2.30. The summed E-state index contributed by atoms with van der Waals surface area (Å²) in [7, 11) is 1.31. The summed E-state index contributed by atoms with van der Waals surface area (Å²) in [6.07, 6.45) is -0.0663. The molecule has 0 spiro atoms. The van der Waals surface area contributed by atoms with Gasteiger partial charge in [-0.1, -0.05) is 103 Å². The van der Waals surface area contributed by atoms with Crippen LogP contribution in [0.2, 0.25) is 0 Å². The second-order valence-corrected chi connectivity index (χ2v) is 10.7. The molecule has 0 saturated heterocycles. The standard InChI is InChI=1S/C36H32N2O5/c1-42-35(40)32(21-31-29-17-9-7-14-26(29)19-27-15-8-10-18-30(27)31)37-34(39)33-20-25-13-5-6-16-28(25)22-38(33)36(41)43-23-24-11-3-2-4-12-24/h2-19,32-33H,20-23H2,1H3,(H,37,39)/t32-,33-/m0/s1. The maximum atomic E-state index is 14.0. The Kier molecular flexibility index (Phi) is 8.05. The van der Waals surface area contributed by atoms with Gasteiger partial charge >= 0.3 is 12.1 Å². The fourth-order valence-electron chi connectivity index (χ4n) is 5.89. The zero-order valence-electron chi connectivity index (χ0n) is 23.9. The molecule has 0 aliphatic carbocycles. The Balaban J connectivity index is 1.29. The van der Waals surface area contributed by atoms with Crippen molar-refractivity contribution >= 4 is 39.5 Å². The van der Waals surface area contributed by atoms with Gasteiger partial charge in [0.05, 0.1) is 13.7 Å². The van der Waals surface area contributed by atoms with Crippen LogP contribution in [0.1, 0.15) is 22.3 Å². The number of carbonyl (C=O) groups is 3. The number of hydrogen-bond donors (Lipinski definition) is 1. The van der Waals surface area contributed by atoms with E-state index in [-0.39, 0.29) is 19.6 Å². The topological polar surface area (TPSA) is 84.9 Å². The number of methoxy groups -OCH3 is 1. The van der Waals surface area contributed by atoms with Crippen molar-refractivity contribution in [2.75, 3.05) is 7.11 Å². The van der Waals surface area contributed by atoms with Crippen molar-refractivity contribution in [1.29, 1.82) is 0 Å². The first kappa shape index (κ1) is 28.0. The molecule has 5 aromatic carbocycles. The van der Waals surface area contributed by atoms with E-state index in [0.717, 1.165) is 43.8 Å². The van der Waals surface area contributed by atoms with Gasteiger partial charge in [-0.05, 0) is 49.9 Å². The van der Waals surface area contributed by atoms with Crippen molar-refractivity contribution in [3.8, 4) is 0 Å². The van der Waals surface area contributed by atoms with Gasteiger partial charge in [0.15, 0.2) is 0 Å². The van der Waals surface area contributed by atoms with Gasteiger partial charge in [0.2, 0.25) is 5.91 Å². The highest BCUT2D eigenvalue weighted by atomic mass is 16.6.